The summed E-state index contributed by atoms with van der Waals surface area (Å²) in [4.78, 5) is 32.2. The highest BCUT2D eigenvalue weighted by Crippen LogP contribution is 2.41. The lowest BCUT2D eigenvalue weighted by atomic mass is 10.0. The second-order valence-electron chi connectivity index (χ2n) is 10.2. The molecule has 2 aliphatic rings. The van der Waals surface area contributed by atoms with Crippen molar-refractivity contribution in [2.75, 3.05) is 10.7 Å². The molecular weight excluding hydrogens is 569 g/mol. The van der Waals surface area contributed by atoms with Crippen LogP contribution in [0.4, 0.5) is 5.69 Å². The minimum Gasteiger partial charge on any atom is -0.392 e. The van der Waals surface area contributed by atoms with Gasteiger partial charge in [-0.1, -0.05) is 72.4 Å². The van der Waals surface area contributed by atoms with E-state index in [1.54, 1.807) is 59.5 Å². The standard InChI is InChI=1S/C33H26N2O5S2/c36-18-20-12-14-21(15-13-20)28-17-24(19-41-33-34-27-10-3-4-11-29(27)42-33)39-32(40-28)22-6-5-7-23(16-22)35-30(37)25-8-1-2-9-26(25)31(35)38/h1-16,24,28,32,36H,17-19H2/t24-,28+,32+/m1/s1. The number of amides is 2. The molecule has 0 bridgehead atoms. The van der Waals surface area contributed by atoms with Gasteiger partial charge in [0, 0.05) is 17.7 Å². The lowest BCUT2D eigenvalue weighted by Gasteiger charge is -2.36. The number of thiazole rings is 1. The van der Waals surface area contributed by atoms with Crippen molar-refractivity contribution in [3.8, 4) is 0 Å². The van der Waals surface area contributed by atoms with E-state index in [4.69, 9.17) is 14.5 Å². The molecule has 2 amide bonds. The Kier molecular flexibility index (Phi) is 7.35. The monoisotopic (exact) mass is 594 g/mol. The van der Waals surface area contributed by atoms with Gasteiger partial charge >= 0.3 is 0 Å². The molecule has 0 unspecified atom stereocenters. The van der Waals surface area contributed by atoms with Crippen molar-refractivity contribution in [3.63, 3.8) is 0 Å². The van der Waals surface area contributed by atoms with E-state index in [0.29, 0.717) is 29.0 Å². The molecule has 210 valence electrons. The second-order valence-corrected chi connectivity index (χ2v) is 12.5. The molecule has 5 aromatic rings. The van der Waals surface area contributed by atoms with E-state index in [1.165, 1.54) is 4.90 Å². The first kappa shape index (κ1) is 27.0. The summed E-state index contributed by atoms with van der Waals surface area (Å²) >= 11 is 3.33. The molecule has 7 rings (SSSR count). The van der Waals surface area contributed by atoms with Crippen LogP contribution in [0.15, 0.2) is 101 Å². The van der Waals surface area contributed by atoms with Gasteiger partial charge in [0.05, 0.1) is 45.8 Å². The van der Waals surface area contributed by atoms with Gasteiger partial charge in [0.25, 0.3) is 11.8 Å². The summed E-state index contributed by atoms with van der Waals surface area (Å²) < 4.78 is 15.1. The lowest BCUT2D eigenvalue weighted by molar-refractivity contribution is -0.245. The van der Waals surface area contributed by atoms with E-state index in [0.717, 1.165) is 31.2 Å². The van der Waals surface area contributed by atoms with E-state index in [9.17, 15) is 14.7 Å². The van der Waals surface area contributed by atoms with Gasteiger partial charge in [-0.05, 0) is 47.5 Å². The Morgan fingerprint density at radius 2 is 1.60 bits per heavy atom. The topological polar surface area (TPSA) is 89.0 Å². The maximum Gasteiger partial charge on any atom is 0.266 e. The number of hydrogen-bond donors (Lipinski definition) is 1. The molecule has 42 heavy (non-hydrogen) atoms. The normalized spacial score (nSPS) is 20.3. The van der Waals surface area contributed by atoms with Crippen LogP contribution in [-0.2, 0) is 16.1 Å². The van der Waals surface area contributed by atoms with E-state index in [2.05, 4.69) is 6.07 Å². The van der Waals surface area contributed by atoms with Gasteiger partial charge in [0.1, 0.15) is 0 Å². The Hall–Kier alpha value is -3.86. The molecule has 9 heteroatoms. The highest BCUT2D eigenvalue weighted by Gasteiger charge is 2.37. The fraction of sp³-hybridized carbons (Fsp3) is 0.182. The molecule has 4 aromatic carbocycles. The SMILES string of the molecule is O=C1c2ccccc2C(=O)N1c1cccc([C@H]2O[C@@H](CSc3nc4ccccc4s3)C[C@@H](c3ccc(CO)cc3)O2)c1. The largest absolute Gasteiger partial charge is 0.392 e. The molecule has 0 spiro atoms. The third-order valence-electron chi connectivity index (χ3n) is 7.48. The molecule has 2 aliphatic heterocycles. The predicted octanol–water partition coefficient (Wildman–Crippen LogP) is 6.93. The summed E-state index contributed by atoms with van der Waals surface area (Å²) in [7, 11) is 0. The number of carbonyl (C=O) groups excluding carboxylic acids is 2. The zero-order chi connectivity index (χ0) is 28.6. The van der Waals surface area contributed by atoms with E-state index in [-0.39, 0.29) is 30.6 Å². The summed E-state index contributed by atoms with van der Waals surface area (Å²) in [6, 6.07) is 30.0. The third kappa shape index (κ3) is 5.14. The van der Waals surface area contributed by atoms with Gasteiger partial charge in [0.15, 0.2) is 10.6 Å². The first-order valence-corrected chi connectivity index (χ1v) is 15.4. The number of aromatic nitrogens is 1. The first-order chi connectivity index (χ1) is 20.6. The molecular formula is C33H26N2O5S2. The molecule has 1 fully saturated rings. The summed E-state index contributed by atoms with van der Waals surface area (Å²) in [6.45, 7) is -0.0242. The zero-order valence-corrected chi connectivity index (χ0v) is 24.0. The molecule has 1 aromatic heterocycles. The van der Waals surface area contributed by atoms with Crippen LogP contribution in [-0.4, -0.2) is 33.8 Å². The summed E-state index contributed by atoms with van der Waals surface area (Å²) in [5.41, 5.74) is 4.80. The number of ether oxygens (including phenoxy) is 2. The Morgan fingerprint density at radius 1 is 0.857 bits per heavy atom. The van der Waals surface area contributed by atoms with Crippen LogP contribution in [0, 0.1) is 0 Å². The molecule has 0 aliphatic carbocycles. The number of benzene rings is 4. The van der Waals surface area contributed by atoms with Gasteiger partial charge in [0.2, 0.25) is 0 Å². The number of hydrogen-bond acceptors (Lipinski definition) is 8. The van der Waals surface area contributed by atoms with Gasteiger partial charge < -0.3 is 14.6 Å². The number of thioether (sulfide) groups is 1. The van der Waals surface area contributed by atoms with Crippen LogP contribution in [0.3, 0.4) is 0 Å². The van der Waals surface area contributed by atoms with E-state index in [1.807, 2.05) is 54.6 Å². The Labute approximate surface area is 250 Å². The first-order valence-electron chi connectivity index (χ1n) is 13.6. The van der Waals surface area contributed by atoms with E-state index >= 15 is 0 Å². The van der Waals surface area contributed by atoms with Crippen LogP contribution < -0.4 is 4.90 Å². The van der Waals surface area contributed by atoms with Crippen LogP contribution in [0.25, 0.3) is 10.2 Å². The lowest BCUT2D eigenvalue weighted by Crippen LogP contribution is -2.32. The maximum absolute atomic E-state index is 13.1. The quantitative estimate of drug-likeness (QED) is 0.162. The fourth-order valence-electron chi connectivity index (χ4n) is 5.33. The van der Waals surface area contributed by atoms with Crippen LogP contribution >= 0.6 is 23.1 Å². The molecule has 0 saturated carbocycles. The number of para-hydroxylation sites is 1. The number of rotatable bonds is 7. The molecule has 7 nitrogen and oxygen atoms in total. The molecule has 0 radical (unpaired) electrons. The molecule has 1 N–H and O–H groups in total. The Balaban J connectivity index is 1.16. The number of carbonyl (C=O) groups is 2. The second kappa shape index (κ2) is 11.4. The predicted molar refractivity (Wildman–Crippen MR) is 163 cm³/mol. The van der Waals surface area contributed by atoms with Gasteiger partial charge in [-0.3, -0.25) is 9.59 Å². The number of fused-ring (bicyclic) bond motifs is 2. The minimum atomic E-state index is -0.711. The van der Waals surface area contributed by atoms with Crippen LogP contribution in [0.5, 0.6) is 0 Å². The van der Waals surface area contributed by atoms with Crippen molar-refractivity contribution in [2.45, 2.75) is 35.9 Å². The van der Waals surface area contributed by atoms with Crippen molar-refractivity contribution in [2.24, 2.45) is 0 Å². The average molecular weight is 595 g/mol. The summed E-state index contributed by atoms with van der Waals surface area (Å²) in [5.74, 6) is -0.00130. The number of nitrogens with zero attached hydrogens (tertiary/aromatic N) is 2. The van der Waals surface area contributed by atoms with Crippen molar-refractivity contribution in [1.82, 2.24) is 4.98 Å². The molecule has 3 atom stereocenters. The number of anilines is 1. The zero-order valence-electron chi connectivity index (χ0n) is 22.4. The Bertz CT molecular complexity index is 1720. The van der Waals surface area contributed by atoms with Crippen molar-refractivity contribution in [1.29, 1.82) is 0 Å². The average Bonchev–Trinajstić information content (AvgIpc) is 3.57. The molecule has 3 heterocycles. The van der Waals surface area contributed by atoms with Crippen molar-refractivity contribution >= 4 is 50.8 Å². The Morgan fingerprint density at radius 3 is 2.33 bits per heavy atom. The smallest absolute Gasteiger partial charge is 0.266 e. The van der Waals surface area contributed by atoms with Crippen molar-refractivity contribution in [3.05, 3.63) is 125 Å². The van der Waals surface area contributed by atoms with Crippen LogP contribution in [0.2, 0.25) is 0 Å². The number of imide groups is 1. The van der Waals surface area contributed by atoms with Gasteiger partial charge in [-0.2, -0.15) is 0 Å². The van der Waals surface area contributed by atoms with Crippen molar-refractivity contribution < 1.29 is 24.2 Å². The fourth-order valence-corrected chi connectivity index (χ4v) is 7.45. The van der Waals surface area contributed by atoms with E-state index < -0.39 is 6.29 Å². The third-order valence-corrected chi connectivity index (χ3v) is 9.79. The highest BCUT2D eigenvalue weighted by molar-refractivity contribution is 8.01. The van der Waals surface area contributed by atoms with Gasteiger partial charge in [-0.25, -0.2) is 9.88 Å². The van der Waals surface area contributed by atoms with Gasteiger partial charge in [-0.15, -0.1) is 11.3 Å². The summed E-state index contributed by atoms with van der Waals surface area (Å²) in [5, 5.41) is 9.50. The minimum absolute atomic E-state index is 0.0242. The molecule has 1 saturated heterocycles. The number of aliphatic hydroxyl groups excluding tert-OH is 1. The number of aliphatic hydroxyl groups is 1. The summed E-state index contributed by atoms with van der Waals surface area (Å²) in [6.07, 6.45) is -0.464. The van der Waals surface area contributed by atoms with Crippen LogP contribution in [0.1, 0.15) is 56.2 Å². The maximum atomic E-state index is 13.1. The highest BCUT2D eigenvalue weighted by atomic mass is 32.2.